The number of benzene rings is 2. The van der Waals surface area contributed by atoms with Gasteiger partial charge in [-0.1, -0.05) is 12.1 Å². The lowest BCUT2D eigenvalue weighted by Crippen LogP contribution is -2.43. The van der Waals surface area contributed by atoms with Crippen molar-refractivity contribution < 1.29 is 17.6 Å². The quantitative estimate of drug-likeness (QED) is 0.661. The maximum absolute atomic E-state index is 13.8. The Kier molecular flexibility index (Phi) is 5.55. The highest BCUT2D eigenvalue weighted by Crippen LogP contribution is 2.25. The summed E-state index contributed by atoms with van der Waals surface area (Å²) in [4.78, 5) is 12.7. The van der Waals surface area contributed by atoms with Crippen molar-refractivity contribution in [3.05, 3.63) is 60.7 Å². The van der Waals surface area contributed by atoms with Crippen LogP contribution in [0.1, 0.15) is 12.8 Å². The minimum Gasteiger partial charge on any atom is -0.323 e. The molecule has 4 rings (SSSR count). The van der Waals surface area contributed by atoms with Crippen LogP contribution in [-0.4, -0.2) is 51.9 Å². The number of carbonyl (C=O) groups is 1. The molecule has 1 aliphatic rings. The first kappa shape index (κ1) is 20.1. The second-order valence-corrected chi connectivity index (χ2v) is 8.86. The standard InChI is InChI=1S/C19H19FN6O3S/c20-17-5-1-2-6-18(17)22-19(27)14-4-3-11-25(12-14)30(28,29)16-9-7-15(8-10-16)26-13-21-23-24-26/h1-2,5-10,13-14H,3-4,11-12H2,(H,22,27)/t14-/m0/s1. The topological polar surface area (TPSA) is 110 Å². The minimum atomic E-state index is -3.78. The summed E-state index contributed by atoms with van der Waals surface area (Å²) < 4.78 is 42.6. The SMILES string of the molecule is O=C(Nc1ccccc1F)[C@H]1CCCN(S(=O)(=O)c2ccc(-n3cnnn3)cc2)C1. The number of rotatable bonds is 5. The van der Waals surface area contributed by atoms with E-state index >= 15 is 0 Å². The Bertz CT molecular complexity index is 1140. The molecule has 0 radical (unpaired) electrons. The van der Waals surface area contributed by atoms with Crippen molar-refractivity contribution in [3.8, 4) is 5.69 Å². The Morgan fingerprint density at radius 1 is 1.13 bits per heavy atom. The van der Waals surface area contributed by atoms with Crippen LogP contribution >= 0.6 is 0 Å². The zero-order valence-corrected chi connectivity index (χ0v) is 16.7. The number of halogens is 1. The van der Waals surface area contributed by atoms with Gasteiger partial charge in [-0.15, -0.1) is 5.10 Å². The van der Waals surface area contributed by atoms with E-state index in [2.05, 4.69) is 20.8 Å². The van der Waals surface area contributed by atoms with E-state index in [0.29, 0.717) is 25.1 Å². The van der Waals surface area contributed by atoms with Gasteiger partial charge in [0, 0.05) is 13.1 Å². The number of hydrogen-bond donors (Lipinski definition) is 1. The van der Waals surface area contributed by atoms with Crippen molar-refractivity contribution in [2.45, 2.75) is 17.7 Å². The number of para-hydroxylation sites is 1. The van der Waals surface area contributed by atoms with Gasteiger partial charge in [0.25, 0.3) is 0 Å². The lowest BCUT2D eigenvalue weighted by atomic mass is 9.98. The van der Waals surface area contributed by atoms with Gasteiger partial charge in [0.15, 0.2) is 0 Å². The van der Waals surface area contributed by atoms with Gasteiger partial charge < -0.3 is 5.32 Å². The van der Waals surface area contributed by atoms with E-state index in [1.807, 2.05) is 0 Å². The fourth-order valence-electron chi connectivity index (χ4n) is 3.37. The number of hydrogen-bond acceptors (Lipinski definition) is 6. The molecule has 1 N–H and O–H groups in total. The molecule has 11 heteroatoms. The second-order valence-electron chi connectivity index (χ2n) is 6.92. The largest absolute Gasteiger partial charge is 0.323 e. The third-order valence-corrected chi connectivity index (χ3v) is 6.85. The van der Waals surface area contributed by atoms with Crippen LogP contribution in [0.5, 0.6) is 0 Å². The van der Waals surface area contributed by atoms with Crippen LogP contribution < -0.4 is 5.32 Å². The summed E-state index contributed by atoms with van der Waals surface area (Å²) in [5, 5.41) is 13.4. The maximum atomic E-state index is 13.8. The van der Waals surface area contributed by atoms with Crippen molar-refractivity contribution in [2.75, 3.05) is 18.4 Å². The van der Waals surface area contributed by atoms with Crippen LogP contribution in [0.25, 0.3) is 5.69 Å². The van der Waals surface area contributed by atoms with Gasteiger partial charge in [0.05, 0.1) is 22.2 Å². The Hall–Kier alpha value is -3.18. The van der Waals surface area contributed by atoms with Gasteiger partial charge in [-0.25, -0.2) is 17.5 Å². The maximum Gasteiger partial charge on any atom is 0.243 e. The Labute approximate surface area is 172 Å². The van der Waals surface area contributed by atoms with Gasteiger partial charge in [0.2, 0.25) is 15.9 Å². The molecule has 0 aliphatic carbocycles. The summed E-state index contributed by atoms with van der Waals surface area (Å²) in [6.45, 7) is 0.359. The molecule has 1 aliphatic heterocycles. The number of nitrogens with one attached hydrogen (secondary N) is 1. The molecule has 2 aromatic carbocycles. The third-order valence-electron chi connectivity index (χ3n) is 4.97. The summed E-state index contributed by atoms with van der Waals surface area (Å²) in [5.74, 6) is -1.49. The van der Waals surface area contributed by atoms with Crippen LogP contribution in [0, 0.1) is 11.7 Å². The number of piperidine rings is 1. The summed E-state index contributed by atoms with van der Waals surface area (Å²) >= 11 is 0. The second kappa shape index (κ2) is 8.28. The number of anilines is 1. The fraction of sp³-hybridized carbons (Fsp3) is 0.263. The van der Waals surface area contributed by atoms with E-state index in [0.717, 1.165) is 0 Å². The molecule has 1 saturated heterocycles. The average molecular weight is 430 g/mol. The van der Waals surface area contributed by atoms with Crippen molar-refractivity contribution >= 4 is 21.6 Å². The van der Waals surface area contributed by atoms with E-state index in [-0.39, 0.29) is 17.1 Å². The summed E-state index contributed by atoms with van der Waals surface area (Å²) in [7, 11) is -3.78. The van der Waals surface area contributed by atoms with Crippen molar-refractivity contribution in [1.29, 1.82) is 0 Å². The zero-order valence-electron chi connectivity index (χ0n) is 15.8. The van der Waals surface area contributed by atoms with Gasteiger partial charge in [-0.05, 0) is 59.7 Å². The van der Waals surface area contributed by atoms with Gasteiger partial charge in [-0.2, -0.15) is 4.31 Å². The molecule has 0 spiro atoms. The average Bonchev–Trinajstić information content (AvgIpc) is 3.30. The molecule has 0 unspecified atom stereocenters. The predicted octanol–water partition coefficient (Wildman–Crippen LogP) is 1.84. The number of aromatic nitrogens is 4. The van der Waals surface area contributed by atoms with Crippen molar-refractivity contribution in [3.63, 3.8) is 0 Å². The van der Waals surface area contributed by atoms with E-state index in [9.17, 15) is 17.6 Å². The molecule has 1 aromatic heterocycles. The van der Waals surface area contributed by atoms with Gasteiger partial charge in [0.1, 0.15) is 12.1 Å². The van der Waals surface area contributed by atoms with E-state index in [1.54, 1.807) is 18.2 Å². The number of tetrazole rings is 1. The molecular weight excluding hydrogens is 411 g/mol. The van der Waals surface area contributed by atoms with Crippen LogP contribution in [0.2, 0.25) is 0 Å². The molecule has 3 aromatic rings. The first-order valence-electron chi connectivity index (χ1n) is 9.34. The summed E-state index contributed by atoms with van der Waals surface area (Å²) in [6.07, 6.45) is 2.48. The Balaban J connectivity index is 1.48. The number of carbonyl (C=O) groups excluding carboxylic acids is 1. The molecule has 30 heavy (non-hydrogen) atoms. The fourth-order valence-corrected chi connectivity index (χ4v) is 4.90. The Morgan fingerprint density at radius 3 is 2.60 bits per heavy atom. The zero-order chi connectivity index (χ0) is 21.1. The van der Waals surface area contributed by atoms with Crippen LogP contribution in [0.4, 0.5) is 10.1 Å². The van der Waals surface area contributed by atoms with Gasteiger partial charge >= 0.3 is 0 Å². The highest BCUT2D eigenvalue weighted by Gasteiger charge is 2.33. The highest BCUT2D eigenvalue weighted by molar-refractivity contribution is 7.89. The molecule has 9 nitrogen and oxygen atoms in total. The lowest BCUT2D eigenvalue weighted by Gasteiger charge is -2.31. The van der Waals surface area contributed by atoms with Crippen LogP contribution in [0.3, 0.4) is 0 Å². The molecular formula is C19H19FN6O3S. The summed E-state index contributed by atoms with van der Waals surface area (Å²) in [5.41, 5.74) is 0.709. The Morgan fingerprint density at radius 2 is 1.90 bits per heavy atom. The lowest BCUT2D eigenvalue weighted by molar-refractivity contribution is -0.120. The van der Waals surface area contributed by atoms with E-state index < -0.39 is 27.7 Å². The third kappa shape index (κ3) is 4.07. The first-order valence-corrected chi connectivity index (χ1v) is 10.8. The number of amides is 1. The summed E-state index contributed by atoms with van der Waals surface area (Å²) in [6, 6.07) is 12.1. The molecule has 156 valence electrons. The monoisotopic (exact) mass is 430 g/mol. The molecule has 1 fully saturated rings. The molecule has 1 atom stereocenters. The molecule has 0 bridgehead atoms. The van der Waals surface area contributed by atoms with Crippen LogP contribution in [-0.2, 0) is 14.8 Å². The van der Waals surface area contributed by atoms with E-state index in [4.69, 9.17) is 0 Å². The molecule has 2 heterocycles. The molecule has 1 amide bonds. The molecule has 0 saturated carbocycles. The smallest absolute Gasteiger partial charge is 0.243 e. The minimum absolute atomic E-state index is 0.0391. The van der Waals surface area contributed by atoms with Crippen molar-refractivity contribution in [2.24, 2.45) is 5.92 Å². The number of nitrogens with zero attached hydrogens (tertiary/aromatic N) is 5. The predicted molar refractivity (Wildman–Crippen MR) is 106 cm³/mol. The van der Waals surface area contributed by atoms with Crippen LogP contribution in [0.15, 0.2) is 59.8 Å². The first-order chi connectivity index (χ1) is 14.4. The highest BCUT2D eigenvalue weighted by atomic mass is 32.2. The van der Waals surface area contributed by atoms with E-state index in [1.165, 1.54) is 45.6 Å². The van der Waals surface area contributed by atoms with Gasteiger partial charge in [-0.3, -0.25) is 4.79 Å². The van der Waals surface area contributed by atoms with Crippen molar-refractivity contribution in [1.82, 2.24) is 24.5 Å². The normalized spacial score (nSPS) is 17.6. The number of sulfonamides is 1.